The van der Waals surface area contributed by atoms with Crippen molar-refractivity contribution in [1.29, 1.82) is 0 Å². The highest BCUT2D eigenvalue weighted by Gasteiger charge is 2.11. The van der Waals surface area contributed by atoms with Gasteiger partial charge in [-0.3, -0.25) is 0 Å². The van der Waals surface area contributed by atoms with Gasteiger partial charge in [0.25, 0.3) is 0 Å². The van der Waals surface area contributed by atoms with Gasteiger partial charge in [-0.05, 0) is 162 Å². The normalized spacial score (nSPS) is 10.1. The molecule has 0 N–H and O–H groups in total. The van der Waals surface area contributed by atoms with Crippen molar-refractivity contribution in [3.63, 3.8) is 0 Å². The molecule has 0 unspecified atom stereocenters. The second kappa shape index (κ2) is 18.7. The van der Waals surface area contributed by atoms with E-state index in [9.17, 15) is 35.1 Å². The predicted molar refractivity (Wildman–Crippen MR) is 220 cm³/mol. The molecule has 0 fully saturated rings. The third-order valence-electron chi connectivity index (χ3n) is 9.33. The lowest BCUT2D eigenvalue weighted by atomic mass is 9.99. The van der Waals surface area contributed by atoms with E-state index < -0.39 is 46.5 Å². The quantitative estimate of drug-likeness (QED) is 0.106. The topological polar surface area (TPSA) is 0 Å². The van der Waals surface area contributed by atoms with Crippen LogP contribution in [0.4, 0.5) is 35.1 Å². The van der Waals surface area contributed by atoms with Gasteiger partial charge in [-0.15, -0.1) is 0 Å². The summed E-state index contributed by atoms with van der Waals surface area (Å²) in [7, 11) is 0. The van der Waals surface area contributed by atoms with Crippen LogP contribution in [0.3, 0.4) is 0 Å². The molecule has 0 bridgehead atoms. The Morgan fingerprint density at radius 2 is 0.467 bits per heavy atom. The first-order valence-electron chi connectivity index (χ1n) is 18.4. The van der Waals surface area contributed by atoms with E-state index in [4.69, 9.17) is 0 Å². The molecule has 6 rings (SSSR count). The average molecular weight is 813 g/mol. The molecule has 8 heteroatoms. The third-order valence-corrected chi connectivity index (χ3v) is 9.33. The molecule has 60 heavy (non-hydrogen) atoms. The average Bonchev–Trinajstić information content (AvgIpc) is 3.15. The Bertz CT molecular complexity index is 2820. The van der Waals surface area contributed by atoms with Gasteiger partial charge in [0, 0.05) is 44.5 Å². The van der Waals surface area contributed by atoms with Crippen LogP contribution in [-0.4, -0.2) is 0 Å². The van der Waals surface area contributed by atoms with Crippen molar-refractivity contribution < 1.29 is 35.1 Å². The second-order valence-corrected chi connectivity index (χ2v) is 14.3. The molecule has 0 saturated heterocycles. The molecule has 0 spiro atoms. The maximum atomic E-state index is 14.0. The van der Waals surface area contributed by atoms with Crippen molar-refractivity contribution in [3.8, 4) is 47.4 Å². The molecule has 0 saturated carbocycles. The Hall–Kier alpha value is -7.00. The maximum Gasteiger partial charge on any atom is 0.142 e. The van der Waals surface area contributed by atoms with E-state index in [0.717, 1.165) is 22.3 Å². The minimum atomic E-state index is -0.700. The lowest BCUT2D eigenvalue weighted by Gasteiger charge is -2.05. The van der Waals surface area contributed by atoms with Crippen LogP contribution < -0.4 is 0 Å². The number of rotatable bonds is 0. The third kappa shape index (κ3) is 10.7. The van der Waals surface area contributed by atoms with Crippen LogP contribution in [0.1, 0.15) is 89.0 Å². The Morgan fingerprint density at radius 3 is 0.767 bits per heavy atom. The van der Waals surface area contributed by atoms with Crippen molar-refractivity contribution in [1.82, 2.24) is 0 Å². The first-order chi connectivity index (χ1) is 28.3. The lowest BCUT2D eigenvalue weighted by molar-refractivity contribution is 0.567. The van der Waals surface area contributed by atoms with Crippen molar-refractivity contribution in [2.24, 2.45) is 0 Å². The summed E-state index contributed by atoms with van der Waals surface area (Å²) >= 11 is 0. The summed E-state index contributed by atoms with van der Waals surface area (Å²) in [6, 6.07) is 16.8. The molecular formula is C52H36F8. The van der Waals surface area contributed by atoms with Crippen LogP contribution in [0, 0.1) is 149 Å². The zero-order valence-corrected chi connectivity index (χ0v) is 34.0. The molecule has 0 nitrogen and oxygen atoms in total. The van der Waals surface area contributed by atoms with Crippen molar-refractivity contribution in [2.75, 3.05) is 0 Å². The van der Waals surface area contributed by atoms with Crippen molar-refractivity contribution >= 4 is 0 Å². The highest BCUT2D eigenvalue weighted by molar-refractivity contribution is 5.57. The SMILES string of the molecule is Cc1cc(F)c(C#Cc2c(C)cc(C#Cc3cc(F)c(C)c(F)c3)cc2C)c(F)c1.Cc1cc(F)c(C#Cc2cc(C)c(C#Cc3cc(F)c(C)c(F)c3)c(C)c2)c(F)c1. The van der Waals surface area contributed by atoms with Crippen LogP contribution in [-0.2, 0) is 0 Å². The molecule has 6 aromatic rings. The van der Waals surface area contributed by atoms with Gasteiger partial charge in [-0.2, -0.15) is 0 Å². The Morgan fingerprint density at radius 1 is 0.250 bits per heavy atom. The lowest BCUT2D eigenvalue weighted by Crippen LogP contribution is -1.94. The van der Waals surface area contributed by atoms with Gasteiger partial charge in [-0.1, -0.05) is 47.4 Å². The smallest absolute Gasteiger partial charge is 0.142 e. The summed E-state index contributed by atoms with van der Waals surface area (Å²) in [6.45, 7) is 13.2. The summed E-state index contributed by atoms with van der Waals surface area (Å²) in [4.78, 5) is 0. The van der Waals surface area contributed by atoms with Crippen LogP contribution in [0.2, 0.25) is 0 Å². The molecule has 0 amide bonds. The molecule has 300 valence electrons. The summed E-state index contributed by atoms with van der Waals surface area (Å²) in [5, 5.41) is 0. The van der Waals surface area contributed by atoms with E-state index in [1.807, 2.05) is 27.7 Å². The van der Waals surface area contributed by atoms with E-state index in [2.05, 4.69) is 47.4 Å². The zero-order chi connectivity index (χ0) is 44.0. The van der Waals surface area contributed by atoms with Crippen LogP contribution in [0.5, 0.6) is 0 Å². The molecule has 0 radical (unpaired) electrons. The van der Waals surface area contributed by atoms with Crippen LogP contribution in [0.25, 0.3) is 0 Å². The van der Waals surface area contributed by atoms with Crippen molar-refractivity contribution in [2.45, 2.75) is 55.4 Å². The molecule has 0 aliphatic heterocycles. The van der Waals surface area contributed by atoms with Crippen molar-refractivity contribution in [3.05, 3.63) is 208 Å². The molecule has 0 aliphatic rings. The molecule has 0 heterocycles. The second-order valence-electron chi connectivity index (χ2n) is 14.3. The fourth-order valence-corrected chi connectivity index (χ4v) is 6.08. The first-order valence-corrected chi connectivity index (χ1v) is 18.4. The summed E-state index contributed by atoms with van der Waals surface area (Å²) in [5.41, 5.74) is 6.54. The zero-order valence-electron chi connectivity index (χ0n) is 34.0. The fraction of sp³-hybridized carbons (Fsp3) is 0.154. The van der Waals surface area contributed by atoms with E-state index in [-0.39, 0.29) is 33.4 Å². The first kappa shape index (κ1) is 44.1. The Labute approximate surface area is 345 Å². The highest BCUT2D eigenvalue weighted by atomic mass is 19.2. The van der Waals surface area contributed by atoms with E-state index in [0.29, 0.717) is 33.4 Å². The van der Waals surface area contributed by atoms with Gasteiger partial charge in [0.2, 0.25) is 0 Å². The number of aryl methyl sites for hydroxylation is 6. The monoisotopic (exact) mass is 812 g/mol. The van der Waals surface area contributed by atoms with Crippen LogP contribution in [0.15, 0.2) is 72.8 Å². The summed E-state index contributed by atoms with van der Waals surface area (Å²) in [5.74, 6) is 16.8. The molecule has 0 aromatic heterocycles. The minimum absolute atomic E-state index is 0.0442. The fourth-order valence-electron chi connectivity index (χ4n) is 6.08. The van der Waals surface area contributed by atoms with E-state index >= 15 is 0 Å². The molecular weight excluding hydrogens is 777 g/mol. The Balaban J connectivity index is 0.000000228. The number of halogens is 8. The number of benzene rings is 6. The maximum absolute atomic E-state index is 14.0. The van der Waals surface area contributed by atoms with Gasteiger partial charge in [0.05, 0.1) is 11.1 Å². The summed E-state index contributed by atoms with van der Waals surface area (Å²) in [6.07, 6.45) is 0. The van der Waals surface area contributed by atoms with Gasteiger partial charge in [0.15, 0.2) is 0 Å². The van der Waals surface area contributed by atoms with Crippen LogP contribution >= 0.6 is 0 Å². The van der Waals surface area contributed by atoms with E-state index in [1.165, 1.54) is 62.4 Å². The predicted octanol–water partition coefficient (Wildman–Crippen LogP) is 12.6. The number of hydrogen-bond acceptors (Lipinski definition) is 0. The molecule has 6 aromatic carbocycles. The Kier molecular flexibility index (Phi) is 13.8. The molecule has 0 atom stereocenters. The largest absolute Gasteiger partial charge is 0.207 e. The minimum Gasteiger partial charge on any atom is -0.207 e. The molecule has 0 aliphatic carbocycles. The highest BCUT2D eigenvalue weighted by Crippen LogP contribution is 2.21. The summed E-state index contributed by atoms with van der Waals surface area (Å²) < 4.78 is 111. The van der Waals surface area contributed by atoms with Gasteiger partial charge in [-0.25, -0.2) is 35.1 Å². The van der Waals surface area contributed by atoms with Gasteiger partial charge in [0.1, 0.15) is 46.5 Å². The number of hydrogen-bond donors (Lipinski definition) is 0. The standard InChI is InChI=1S/2C26H18F4/c1-15-9-25(29)22(26(30)10-15)8-6-19-11-16(2)21(17(3)12-19)7-5-20-13-23(27)18(4)24(28)14-20;1-15-9-25(29)22(26(30)10-15)8-7-21-16(2)11-19(12-17(21)3)5-6-20-13-23(27)18(4)24(28)14-20/h2*9-14H,1-4H3. The van der Waals surface area contributed by atoms with E-state index in [1.54, 1.807) is 38.1 Å². The van der Waals surface area contributed by atoms with Gasteiger partial charge < -0.3 is 0 Å². The van der Waals surface area contributed by atoms with Gasteiger partial charge >= 0.3 is 0 Å².